The third-order valence-corrected chi connectivity index (χ3v) is 3.98. The Bertz CT molecular complexity index is 220. The van der Waals surface area contributed by atoms with Gasteiger partial charge in [0.2, 0.25) is 0 Å². The fourth-order valence-electron chi connectivity index (χ4n) is 2.67. The molecule has 0 saturated carbocycles. The quantitative estimate of drug-likeness (QED) is 0.637. The number of hydrogen-bond donors (Lipinski definition) is 1. The molecule has 3 rings (SSSR count). The smallest absolute Gasteiger partial charge is 0.144 e. The van der Waals surface area contributed by atoms with E-state index in [4.69, 9.17) is 14.2 Å². The average molecular weight is 213 g/mol. The Balaban J connectivity index is 1.63. The second-order valence-corrected chi connectivity index (χ2v) is 5.05. The second-order valence-electron chi connectivity index (χ2n) is 5.05. The molecule has 3 aliphatic rings. The molecule has 1 N–H and O–H groups in total. The molecule has 2 spiro atoms. The lowest BCUT2D eigenvalue weighted by Gasteiger charge is -2.46. The van der Waals surface area contributed by atoms with Crippen molar-refractivity contribution in [2.75, 3.05) is 39.6 Å². The fraction of sp³-hybridized carbons (Fsp3) is 1.00. The molecule has 86 valence electrons. The summed E-state index contributed by atoms with van der Waals surface area (Å²) in [7, 11) is 0. The average Bonchev–Trinajstić information content (AvgIpc) is 2.74. The highest BCUT2D eigenvalue weighted by Gasteiger charge is 2.45. The number of ether oxygens (including phenoxy) is 3. The van der Waals surface area contributed by atoms with Crippen molar-refractivity contribution in [1.82, 2.24) is 5.32 Å². The summed E-state index contributed by atoms with van der Waals surface area (Å²) >= 11 is 0. The summed E-state index contributed by atoms with van der Waals surface area (Å²) in [6.07, 6.45) is 3.23. The SMILES string of the molecule is C1CC2(CCO1)CNC1(CCOC1)OC2. The lowest BCUT2D eigenvalue weighted by Crippen LogP contribution is -2.60. The predicted molar refractivity (Wildman–Crippen MR) is 54.6 cm³/mol. The largest absolute Gasteiger partial charge is 0.381 e. The van der Waals surface area contributed by atoms with E-state index in [0.717, 1.165) is 52.2 Å². The summed E-state index contributed by atoms with van der Waals surface area (Å²) in [4.78, 5) is 0. The Morgan fingerprint density at radius 1 is 0.867 bits per heavy atom. The van der Waals surface area contributed by atoms with Crippen LogP contribution >= 0.6 is 0 Å². The van der Waals surface area contributed by atoms with Gasteiger partial charge in [0.25, 0.3) is 0 Å². The van der Waals surface area contributed by atoms with Crippen LogP contribution in [0.5, 0.6) is 0 Å². The van der Waals surface area contributed by atoms with Crippen LogP contribution in [0.15, 0.2) is 0 Å². The summed E-state index contributed by atoms with van der Waals surface area (Å²) in [5.41, 5.74) is 0.162. The van der Waals surface area contributed by atoms with Crippen molar-refractivity contribution in [3.8, 4) is 0 Å². The number of rotatable bonds is 0. The van der Waals surface area contributed by atoms with Gasteiger partial charge in [0.1, 0.15) is 5.72 Å². The highest BCUT2D eigenvalue weighted by atomic mass is 16.6. The molecule has 3 heterocycles. The Labute approximate surface area is 90.3 Å². The van der Waals surface area contributed by atoms with Crippen molar-refractivity contribution in [1.29, 1.82) is 0 Å². The van der Waals surface area contributed by atoms with Crippen LogP contribution in [0.2, 0.25) is 0 Å². The third-order valence-electron chi connectivity index (χ3n) is 3.98. The van der Waals surface area contributed by atoms with Crippen molar-refractivity contribution >= 4 is 0 Å². The van der Waals surface area contributed by atoms with Gasteiger partial charge in [-0.05, 0) is 12.8 Å². The van der Waals surface area contributed by atoms with Crippen LogP contribution in [0.3, 0.4) is 0 Å². The first-order chi connectivity index (χ1) is 7.33. The van der Waals surface area contributed by atoms with Gasteiger partial charge < -0.3 is 14.2 Å². The van der Waals surface area contributed by atoms with E-state index in [1.807, 2.05) is 0 Å². The maximum Gasteiger partial charge on any atom is 0.144 e. The highest BCUT2D eigenvalue weighted by molar-refractivity contribution is 4.94. The third kappa shape index (κ3) is 1.80. The van der Waals surface area contributed by atoms with Crippen molar-refractivity contribution in [2.24, 2.45) is 5.41 Å². The summed E-state index contributed by atoms with van der Waals surface area (Å²) in [6.45, 7) is 5.22. The molecule has 0 radical (unpaired) electrons. The Hall–Kier alpha value is -0.160. The van der Waals surface area contributed by atoms with E-state index in [1.54, 1.807) is 0 Å². The molecule has 4 nitrogen and oxygen atoms in total. The van der Waals surface area contributed by atoms with Gasteiger partial charge in [0.05, 0.1) is 19.8 Å². The first-order valence-electron chi connectivity index (χ1n) is 5.87. The molecule has 0 bridgehead atoms. The number of nitrogens with one attached hydrogen (secondary N) is 1. The van der Waals surface area contributed by atoms with Gasteiger partial charge in [0, 0.05) is 31.6 Å². The van der Waals surface area contributed by atoms with Gasteiger partial charge in [-0.25, -0.2) is 0 Å². The predicted octanol–water partition coefficient (Wildman–Crippen LogP) is 0.520. The Kier molecular flexibility index (Phi) is 2.47. The van der Waals surface area contributed by atoms with E-state index >= 15 is 0 Å². The van der Waals surface area contributed by atoms with E-state index in [9.17, 15) is 0 Å². The molecular formula is C11H19NO3. The van der Waals surface area contributed by atoms with Gasteiger partial charge in [0.15, 0.2) is 0 Å². The Morgan fingerprint density at radius 3 is 2.27 bits per heavy atom. The van der Waals surface area contributed by atoms with Crippen LogP contribution < -0.4 is 5.32 Å². The molecule has 4 heteroatoms. The molecule has 3 saturated heterocycles. The molecular weight excluding hydrogens is 194 g/mol. The van der Waals surface area contributed by atoms with Gasteiger partial charge in [-0.1, -0.05) is 0 Å². The van der Waals surface area contributed by atoms with Crippen LogP contribution in [-0.2, 0) is 14.2 Å². The fourth-order valence-corrected chi connectivity index (χ4v) is 2.67. The van der Waals surface area contributed by atoms with E-state index in [0.29, 0.717) is 12.0 Å². The lowest BCUT2D eigenvalue weighted by molar-refractivity contribution is -0.164. The topological polar surface area (TPSA) is 39.7 Å². The first kappa shape index (κ1) is 10.0. The van der Waals surface area contributed by atoms with E-state index < -0.39 is 0 Å². The molecule has 1 unspecified atom stereocenters. The van der Waals surface area contributed by atoms with Gasteiger partial charge in [-0.3, -0.25) is 5.32 Å². The zero-order valence-corrected chi connectivity index (χ0v) is 9.09. The molecule has 0 aromatic rings. The minimum atomic E-state index is -0.163. The summed E-state index contributed by atoms with van der Waals surface area (Å²) in [5.74, 6) is 0. The maximum atomic E-state index is 6.03. The monoisotopic (exact) mass is 213 g/mol. The molecule has 1 atom stereocenters. The molecule has 3 aliphatic heterocycles. The summed E-state index contributed by atoms with van der Waals surface area (Å²) in [6, 6.07) is 0. The second kappa shape index (κ2) is 3.70. The lowest BCUT2D eigenvalue weighted by atomic mass is 9.79. The normalized spacial score (nSPS) is 40.0. The molecule has 15 heavy (non-hydrogen) atoms. The van der Waals surface area contributed by atoms with Crippen molar-refractivity contribution < 1.29 is 14.2 Å². The molecule has 0 aromatic carbocycles. The highest BCUT2D eigenvalue weighted by Crippen LogP contribution is 2.37. The van der Waals surface area contributed by atoms with Crippen molar-refractivity contribution in [3.63, 3.8) is 0 Å². The zero-order chi connectivity index (χ0) is 10.2. The van der Waals surface area contributed by atoms with Crippen LogP contribution in [0.25, 0.3) is 0 Å². The minimum absolute atomic E-state index is 0.163. The van der Waals surface area contributed by atoms with E-state index in [-0.39, 0.29) is 5.72 Å². The standard InChI is InChI=1S/C11H19NO3/c1-4-13-5-2-10(1)7-12-11(15-8-10)3-6-14-9-11/h12H,1-9H2. The van der Waals surface area contributed by atoms with Crippen LogP contribution in [-0.4, -0.2) is 45.3 Å². The van der Waals surface area contributed by atoms with Crippen molar-refractivity contribution in [2.45, 2.75) is 25.0 Å². The van der Waals surface area contributed by atoms with Crippen LogP contribution in [0.1, 0.15) is 19.3 Å². The van der Waals surface area contributed by atoms with E-state index in [1.165, 1.54) is 0 Å². The van der Waals surface area contributed by atoms with Crippen LogP contribution in [0, 0.1) is 5.41 Å². The molecule has 0 aliphatic carbocycles. The zero-order valence-electron chi connectivity index (χ0n) is 9.09. The molecule has 0 aromatic heterocycles. The van der Waals surface area contributed by atoms with Gasteiger partial charge in [-0.2, -0.15) is 0 Å². The van der Waals surface area contributed by atoms with Crippen LogP contribution in [0.4, 0.5) is 0 Å². The van der Waals surface area contributed by atoms with Gasteiger partial charge >= 0.3 is 0 Å². The number of hydrogen-bond acceptors (Lipinski definition) is 4. The first-order valence-corrected chi connectivity index (χ1v) is 5.87. The van der Waals surface area contributed by atoms with Crippen molar-refractivity contribution in [3.05, 3.63) is 0 Å². The molecule has 3 fully saturated rings. The van der Waals surface area contributed by atoms with Gasteiger partial charge in [-0.15, -0.1) is 0 Å². The van der Waals surface area contributed by atoms with E-state index in [2.05, 4.69) is 5.32 Å². The Morgan fingerprint density at radius 2 is 1.67 bits per heavy atom. The maximum absolute atomic E-state index is 6.03. The molecule has 0 amide bonds. The summed E-state index contributed by atoms with van der Waals surface area (Å²) < 4.78 is 16.8. The minimum Gasteiger partial charge on any atom is -0.381 e. The summed E-state index contributed by atoms with van der Waals surface area (Å²) in [5, 5.41) is 3.55.